The zero-order valence-electron chi connectivity index (χ0n) is 20.3. The van der Waals surface area contributed by atoms with Crippen molar-refractivity contribution >= 4 is 43.4 Å². The highest BCUT2D eigenvalue weighted by Crippen LogP contribution is 2.33. The summed E-state index contributed by atoms with van der Waals surface area (Å²) in [4.78, 5) is 43.8. The van der Waals surface area contributed by atoms with Gasteiger partial charge in [-0.25, -0.2) is 23.4 Å². The molecule has 11 nitrogen and oxygen atoms in total. The minimum absolute atomic E-state index is 0.00203. The predicted octanol–water partition coefficient (Wildman–Crippen LogP) is 1.33. The van der Waals surface area contributed by atoms with Gasteiger partial charge in [-0.3, -0.25) is 14.2 Å². The maximum atomic E-state index is 13.7. The van der Waals surface area contributed by atoms with Crippen LogP contribution in [0, 0.1) is 12.8 Å². The number of piperidine rings is 1. The van der Waals surface area contributed by atoms with Gasteiger partial charge in [0, 0.05) is 56.5 Å². The molecule has 3 aromatic heterocycles. The highest BCUT2D eigenvalue weighted by molar-refractivity contribution is 7.89. The van der Waals surface area contributed by atoms with Gasteiger partial charge in [0.25, 0.3) is 5.56 Å². The Bertz CT molecular complexity index is 1430. The van der Waals surface area contributed by atoms with E-state index in [1.807, 2.05) is 4.90 Å². The first kappa shape index (κ1) is 24.8. The fourth-order valence-corrected chi connectivity index (χ4v) is 8.00. The van der Waals surface area contributed by atoms with Crippen LogP contribution in [0.5, 0.6) is 0 Å². The van der Waals surface area contributed by atoms with E-state index in [9.17, 15) is 18.0 Å². The van der Waals surface area contributed by atoms with Crippen LogP contribution in [0.15, 0.2) is 34.5 Å². The van der Waals surface area contributed by atoms with Crippen molar-refractivity contribution in [3.05, 3.63) is 40.0 Å². The van der Waals surface area contributed by atoms with Gasteiger partial charge in [-0.1, -0.05) is 6.92 Å². The molecule has 1 amide bonds. The van der Waals surface area contributed by atoms with Crippen LogP contribution < -0.4 is 10.5 Å². The van der Waals surface area contributed by atoms with Gasteiger partial charge in [0.05, 0.1) is 11.7 Å². The lowest BCUT2D eigenvalue weighted by atomic mass is 10.0. The van der Waals surface area contributed by atoms with E-state index in [2.05, 4.69) is 21.9 Å². The van der Waals surface area contributed by atoms with E-state index < -0.39 is 15.6 Å². The molecule has 5 heterocycles. The van der Waals surface area contributed by atoms with Gasteiger partial charge in [0.2, 0.25) is 21.9 Å². The number of aryl methyl sites for hydroxylation is 1. The van der Waals surface area contributed by atoms with Gasteiger partial charge in [-0.05, 0) is 31.7 Å². The van der Waals surface area contributed by atoms with Gasteiger partial charge in [-0.2, -0.15) is 4.31 Å². The van der Waals surface area contributed by atoms with Crippen LogP contribution in [-0.4, -0.2) is 82.3 Å². The Morgan fingerprint density at radius 2 is 1.83 bits per heavy atom. The third kappa shape index (κ3) is 4.62. The topological polar surface area (TPSA) is 122 Å². The molecule has 0 N–H and O–H groups in total. The van der Waals surface area contributed by atoms with Crippen molar-refractivity contribution in [3.8, 4) is 0 Å². The second kappa shape index (κ2) is 9.87. The number of rotatable bonds is 5. The Morgan fingerprint density at radius 1 is 1.11 bits per heavy atom. The highest BCUT2D eigenvalue weighted by Gasteiger charge is 2.34. The maximum absolute atomic E-state index is 13.7. The summed E-state index contributed by atoms with van der Waals surface area (Å²) in [5.41, 5.74) is -0.502. The molecule has 0 spiro atoms. The van der Waals surface area contributed by atoms with Crippen molar-refractivity contribution in [3.63, 3.8) is 0 Å². The minimum Gasteiger partial charge on any atom is -0.341 e. The van der Waals surface area contributed by atoms with E-state index >= 15 is 0 Å². The van der Waals surface area contributed by atoms with Crippen LogP contribution in [0.25, 0.3) is 10.2 Å². The molecular weight excluding hydrogens is 502 g/mol. The van der Waals surface area contributed by atoms with Crippen LogP contribution in [0.1, 0.15) is 24.6 Å². The van der Waals surface area contributed by atoms with Crippen molar-refractivity contribution in [2.45, 2.75) is 38.1 Å². The minimum atomic E-state index is -3.95. The van der Waals surface area contributed by atoms with Crippen molar-refractivity contribution < 1.29 is 13.2 Å². The molecule has 0 aromatic carbocycles. The normalized spacial score (nSPS) is 19.7. The fraction of sp³-hybridized carbons (Fsp3) is 0.522. The van der Waals surface area contributed by atoms with E-state index in [0.29, 0.717) is 47.8 Å². The summed E-state index contributed by atoms with van der Waals surface area (Å²) in [6.07, 6.45) is 6.68. The third-order valence-electron chi connectivity index (χ3n) is 6.79. The molecule has 2 fully saturated rings. The van der Waals surface area contributed by atoms with Gasteiger partial charge in [0.15, 0.2) is 0 Å². The number of nitrogens with zero attached hydrogens (tertiary/aromatic N) is 7. The molecule has 0 aliphatic carbocycles. The van der Waals surface area contributed by atoms with E-state index in [1.54, 1.807) is 30.3 Å². The van der Waals surface area contributed by atoms with E-state index in [-0.39, 0.29) is 35.8 Å². The number of sulfonamides is 1. The molecule has 5 rings (SSSR count). The molecule has 1 atom stereocenters. The first-order valence-electron chi connectivity index (χ1n) is 12.0. The lowest BCUT2D eigenvalue weighted by Crippen LogP contribution is -2.49. The number of carbonyl (C=O) groups excluding carboxylic acids is 1. The Labute approximate surface area is 213 Å². The lowest BCUT2D eigenvalue weighted by Gasteiger charge is -2.33. The van der Waals surface area contributed by atoms with Crippen molar-refractivity contribution in [2.75, 3.05) is 44.2 Å². The van der Waals surface area contributed by atoms with Crippen molar-refractivity contribution in [2.24, 2.45) is 5.92 Å². The van der Waals surface area contributed by atoms with Crippen LogP contribution in [0.4, 0.5) is 5.95 Å². The SMILES string of the molecule is Cc1sc2ncn(CC(=O)N3CCC[C@@H](C)C3)c(=O)c2c1S(=O)(=O)N1CCN(c2ncccn2)CC1. The molecule has 2 saturated heterocycles. The number of thiophene rings is 1. The summed E-state index contributed by atoms with van der Waals surface area (Å²) in [6, 6.07) is 1.73. The smallest absolute Gasteiger partial charge is 0.263 e. The third-order valence-corrected chi connectivity index (χ3v) is 10.00. The Hall–Kier alpha value is -2.90. The molecule has 2 aliphatic rings. The number of piperazine rings is 1. The van der Waals surface area contributed by atoms with Crippen molar-refractivity contribution in [1.82, 2.24) is 28.7 Å². The first-order valence-corrected chi connectivity index (χ1v) is 14.3. The molecule has 0 unspecified atom stereocenters. The van der Waals surface area contributed by atoms with Crippen LogP contribution in [-0.2, 0) is 21.4 Å². The van der Waals surface area contributed by atoms with Crippen LogP contribution in [0.2, 0.25) is 0 Å². The Kier molecular flexibility index (Phi) is 6.79. The number of carbonyl (C=O) groups is 1. The number of likely N-dealkylation sites (tertiary alicyclic amines) is 1. The maximum Gasteiger partial charge on any atom is 0.263 e. The second-order valence-electron chi connectivity index (χ2n) is 9.37. The lowest BCUT2D eigenvalue weighted by molar-refractivity contribution is -0.133. The van der Waals surface area contributed by atoms with E-state index in [0.717, 1.165) is 12.8 Å². The summed E-state index contributed by atoms with van der Waals surface area (Å²) in [7, 11) is -3.95. The number of hydrogen-bond acceptors (Lipinski definition) is 9. The highest BCUT2D eigenvalue weighted by atomic mass is 32.2. The van der Waals surface area contributed by atoms with E-state index in [1.165, 1.54) is 26.5 Å². The molecule has 0 bridgehead atoms. The summed E-state index contributed by atoms with van der Waals surface area (Å²) in [5.74, 6) is 0.831. The summed E-state index contributed by atoms with van der Waals surface area (Å²) in [5, 5.41) is 0.0636. The number of aromatic nitrogens is 4. The predicted molar refractivity (Wildman–Crippen MR) is 137 cm³/mol. The summed E-state index contributed by atoms with van der Waals surface area (Å²) in [6.45, 7) is 6.36. The molecule has 0 saturated carbocycles. The molecule has 192 valence electrons. The molecule has 36 heavy (non-hydrogen) atoms. The Balaban J connectivity index is 1.41. The number of hydrogen-bond donors (Lipinski definition) is 0. The number of amides is 1. The number of fused-ring (bicyclic) bond motifs is 1. The molecule has 0 radical (unpaired) electrons. The standard InChI is InChI=1S/C23H29N7O4S2/c1-16-5-3-8-28(13-16)18(31)14-29-15-26-21-19(22(29)32)20(17(2)35-21)36(33,34)30-11-9-27(10-12-30)23-24-6-4-7-25-23/h4,6-7,15-16H,3,5,8-14H2,1-2H3/t16-/m1/s1. The fourth-order valence-electron chi connectivity index (χ4n) is 4.91. The van der Waals surface area contributed by atoms with Crippen molar-refractivity contribution in [1.29, 1.82) is 0 Å². The van der Waals surface area contributed by atoms with Crippen LogP contribution >= 0.6 is 11.3 Å². The van der Waals surface area contributed by atoms with Gasteiger partial charge >= 0.3 is 0 Å². The quantitative estimate of drug-likeness (QED) is 0.483. The average molecular weight is 532 g/mol. The van der Waals surface area contributed by atoms with Crippen LogP contribution in [0.3, 0.4) is 0 Å². The first-order chi connectivity index (χ1) is 17.3. The zero-order valence-corrected chi connectivity index (χ0v) is 22.0. The zero-order chi connectivity index (χ0) is 25.4. The monoisotopic (exact) mass is 531 g/mol. The number of anilines is 1. The largest absolute Gasteiger partial charge is 0.341 e. The van der Waals surface area contributed by atoms with Gasteiger partial charge in [0.1, 0.15) is 16.3 Å². The molecular formula is C23H29N7O4S2. The molecule has 13 heteroatoms. The average Bonchev–Trinajstić information content (AvgIpc) is 3.24. The molecule has 3 aromatic rings. The van der Waals surface area contributed by atoms with Gasteiger partial charge < -0.3 is 9.80 Å². The second-order valence-corrected chi connectivity index (χ2v) is 12.5. The summed E-state index contributed by atoms with van der Waals surface area (Å²) < 4.78 is 30.1. The van der Waals surface area contributed by atoms with E-state index in [4.69, 9.17) is 0 Å². The Morgan fingerprint density at radius 3 is 2.53 bits per heavy atom. The van der Waals surface area contributed by atoms with Gasteiger partial charge in [-0.15, -0.1) is 11.3 Å². The summed E-state index contributed by atoms with van der Waals surface area (Å²) >= 11 is 1.18. The molecule has 2 aliphatic heterocycles.